The molecule has 1 N–H and O–H groups in total. The van der Waals surface area contributed by atoms with Crippen molar-refractivity contribution in [3.63, 3.8) is 0 Å². The Morgan fingerprint density at radius 1 is 1.15 bits per heavy atom. The van der Waals surface area contributed by atoms with Crippen LogP contribution in [0.1, 0.15) is 47.0 Å². The molecule has 1 heterocycles. The Bertz CT molecular complexity index is 428. The predicted molar refractivity (Wildman–Crippen MR) is 76.0 cm³/mol. The molecule has 3 heteroatoms. The van der Waals surface area contributed by atoms with Gasteiger partial charge in [0.1, 0.15) is 0 Å². The van der Waals surface area contributed by atoms with Crippen molar-refractivity contribution < 1.29 is 14.6 Å². The van der Waals surface area contributed by atoms with Crippen LogP contribution in [0.3, 0.4) is 0 Å². The van der Waals surface area contributed by atoms with Crippen molar-refractivity contribution >= 4 is 0 Å². The van der Waals surface area contributed by atoms with Crippen molar-refractivity contribution in [1.82, 2.24) is 0 Å². The second kappa shape index (κ2) is 3.80. The summed E-state index contributed by atoms with van der Waals surface area (Å²) in [6.45, 7) is 10.7. The molecule has 0 aromatic rings. The monoisotopic (exact) mass is 280 g/mol. The maximum atomic E-state index is 11.0. The molecule has 5 aliphatic rings. The van der Waals surface area contributed by atoms with E-state index < -0.39 is 5.79 Å². The number of hydrogen-bond donors (Lipinski definition) is 1. The number of fused-ring (bicyclic) bond motifs is 1. The molecule has 4 saturated carbocycles. The summed E-state index contributed by atoms with van der Waals surface area (Å²) < 4.78 is 12.3. The third-order valence-corrected chi connectivity index (χ3v) is 7.46. The molecule has 1 aliphatic heterocycles. The minimum atomic E-state index is -0.413. The summed E-state index contributed by atoms with van der Waals surface area (Å²) in [5.74, 6) is 1.85. The predicted octanol–water partition coefficient (Wildman–Crippen LogP) is 2.82. The molecule has 114 valence electrons. The van der Waals surface area contributed by atoms with E-state index in [9.17, 15) is 5.11 Å². The SMILES string of the molecule is CC(C)C1C[C@@H]2[C@@]3(C)CC4(OCCO4)[C@]2(C)C[C@@H]1[C@H]3O. The Kier molecular flexibility index (Phi) is 2.57. The molecule has 20 heavy (non-hydrogen) atoms. The van der Waals surface area contributed by atoms with Gasteiger partial charge in [-0.1, -0.05) is 27.7 Å². The highest BCUT2D eigenvalue weighted by molar-refractivity contribution is 5.22. The minimum absolute atomic E-state index is 0.0204. The van der Waals surface area contributed by atoms with Crippen LogP contribution in [0.5, 0.6) is 0 Å². The van der Waals surface area contributed by atoms with Crippen LogP contribution in [-0.4, -0.2) is 30.2 Å². The van der Waals surface area contributed by atoms with Gasteiger partial charge in [-0.2, -0.15) is 0 Å². The van der Waals surface area contributed by atoms with E-state index in [1.54, 1.807) is 0 Å². The van der Waals surface area contributed by atoms with Gasteiger partial charge < -0.3 is 14.6 Å². The molecule has 1 saturated heterocycles. The van der Waals surface area contributed by atoms with Gasteiger partial charge in [0.15, 0.2) is 5.79 Å². The number of aliphatic hydroxyl groups is 1. The van der Waals surface area contributed by atoms with Crippen LogP contribution in [0.2, 0.25) is 0 Å². The maximum Gasteiger partial charge on any atom is 0.174 e. The molecule has 1 unspecified atom stereocenters. The van der Waals surface area contributed by atoms with Crippen molar-refractivity contribution in [1.29, 1.82) is 0 Å². The summed E-state index contributed by atoms with van der Waals surface area (Å²) in [7, 11) is 0. The molecular weight excluding hydrogens is 252 g/mol. The number of rotatable bonds is 1. The number of aliphatic hydroxyl groups excluding tert-OH is 1. The Balaban J connectivity index is 1.79. The summed E-state index contributed by atoms with van der Waals surface area (Å²) in [5.41, 5.74) is 0.0704. The van der Waals surface area contributed by atoms with Crippen molar-refractivity contribution in [2.75, 3.05) is 13.2 Å². The lowest BCUT2D eigenvalue weighted by Gasteiger charge is -2.60. The molecule has 0 aromatic carbocycles. The van der Waals surface area contributed by atoms with E-state index in [1.165, 1.54) is 6.42 Å². The fraction of sp³-hybridized carbons (Fsp3) is 1.00. The Labute approximate surface area is 122 Å². The van der Waals surface area contributed by atoms with Crippen molar-refractivity contribution in [2.24, 2.45) is 34.5 Å². The molecule has 4 aliphatic carbocycles. The van der Waals surface area contributed by atoms with Gasteiger partial charge in [-0.05, 0) is 36.5 Å². The summed E-state index contributed by atoms with van der Waals surface area (Å²) in [6.07, 6.45) is 3.00. The lowest BCUT2D eigenvalue weighted by Crippen LogP contribution is -2.60. The first-order valence-corrected chi connectivity index (χ1v) is 8.30. The second-order valence-electron chi connectivity index (χ2n) is 8.56. The van der Waals surface area contributed by atoms with Crippen LogP contribution < -0.4 is 0 Å². The Hall–Kier alpha value is -0.120. The normalized spacial score (nSPS) is 56.1. The van der Waals surface area contributed by atoms with Gasteiger partial charge in [-0.25, -0.2) is 0 Å². The van der Waals surface area contributed by atoms with Crippen LogP contribution in [0, 0.1) is 34.5 Å². The van der Waals surface area contributed by atoms with Crippen LogP contribution in [0.15, 0.2) is 0 Å². The van der Waals surface area contributed by atoms with E-state index in [0.717, 1.165) is 12.8 Å². The molecule has 0 radical (unpaired) electrons. The zero-order chi connectivity index (χ0) is 14.3. The zero-order valence-corrected chi connectivity index (χ0v) is 13.2. The standard InChI is InChI=1S/C17H28O3/c1-10(2)11-7-13-15(3)9-17(19-5-6-20-17)16(13,4)8-12(11)14(15)18/h10-14,18H,5-9H2,1-4H3/t11?,12-,13+,14+,15+,16+/m0/s1. The first-order valence-electron chi connectivity index (χ1n) is 8.30. The Morgan fingerprint density at radius 2 is 1.80 bits per heavy atom. The molecule has 1 spiro atoms. The summed E-state index contributed by atoms with van der Waals surface area (Å²) in [6, 6.07) is 0. The van der Waals surface area contributed by atoms with Gasteiger partial charge in [0.2, 0.25) is 0 Å². The fourth-order valence-corrected chi connectivity index (χ4v) is 6.53. The van der Waals surface area contributed by atoms with Gasteiger partial charge in [-0.15, -0.1) is 0 Å². The summed E-state index contributed by atoms with van der Waals surface area (Å²) in [5, 5.41) is 11.0. The molecule has 3 nitrogen and oxygen atoms in total. The largest absolute Gasteiger partial charge is 0.392 e. The van der Waals surface area contributed by atoms with Gasteiger partial charge in [0.05, 0.1) is 19.3 Å². The fourth-order valence-electron chi connectivity index (χ4n) is 6.53. The van der Waals surface area contributed by atoms with Crippen LogP contribution in [0.4, 0.5) is 0 Å². The van der Waals surface area contributed by atoms with Crippen LogP contribution >= 0.6 is 0 Å². The minimum Gasteiger partial charge on any atom is -0.392 e. The second-order valence-corrected chi connectivity index (χ2v) is 8.56. The Morgan fingerprint density at radius 3 is 2.40 bits per heavy atom. The molecule has 0 aromatic heterocycles. The van der Waals surface area contributed by atoms with E-state index >= 15 is 0 Å². The van der Waals surface area contributed by atoms with Gasteiger partial charge in [-0.3, -0.25) is 0 Å². The van der Waals surface area contributed by atoms with Crippen molar-refractivity contribution in [3.05, 3.63) is 0 Å². The molecule has 0 amide bonds. The highest BCUT2D eigenvalue weighted by Crippen LogP contribution is 2.75. The zero-order valence-electron chi connectivity index (χ0n) is 13.2. The van der Waals surface area contributed by atoms with E-state index in [2.05, 4.69) is 27.7 Å². The molecule has 6 atom stereocenters. The molecular formula is C17H28O3. The van der Waals surface area contributed by atoms with E-state index in [1.807, 2.05) is 0 Å². The average Bonchev–Trinajstić information content (AvgIpc) is 2.90. The summed E-state index contributed by atoms with van der Waals surface area (Å²) >= 11 is 0. The van der Waals surface area contributed by atoms with E-state index in [0.29, 0.717) is 36.9 Å². The van der Waals surface area contributed by atoms with Crippen LogP contribution in [-0.2, 0) is 9.47 Å². The molecule has 5 fully saturated rings. The first kappa shape index (κ1) is 13.5. The smallest absolute Gasteiger partial charge is 0.174 e. The molecule has 5 rings (SSSR count). The third kappa shape index (κ3) is 1.29. The van der Waals surface area contributed by atoms with E-state index in [4.69, 9.17) is 9.47 Å². The maximum absolute atomic E-state index is 11.0. The highest BCUT2D eigenvalue weighted by Gasteiger charge is 2.76. The van der Waals surface area contributed by atoms with Gasteiger partial charge in [0.25, 0.3) is 0 Å². The number of hydrogen-bond acceptors (Lipinski definition) is 3. The van der Waals surface area contributed by atoms with Crippen molar-refractivity contribution in [3.8, 4) is 0 Å². The van der Waals surface area contributed by atoms with Crippen molar-refractivity contribution in [2.45, 2.75) is 58.8 Å². The quantitative estimate of drug-likeness (QED) is 0.802. The molecule has 4 bridgehead atoms. The van der Waals surface area contributed by atoms with Gasteiger partial charge in [0, 0.05) is 17.3 Å². The first-order chi connectivity index (χ1) is 9.34. The number of ether oxygens (including phenoxy) is 2. The third-order valence-electron chi connectivity index (χ3n) is 7.46. The van der Waals surface area contributed by atoms with Gasteiger partial charge >= 0.3 is 0 Å². The van der Waals surface area contributed by atoms with E-state index in [-0.39, 0.29) is 16.9 Å². The average molecular weight is 280 g/mol. The summed E-state index contributed by atoms with van der Waals surface area (Å²) in [4.78, 5) is 0. The highest BCUT2D eigenvalue weighted by atomic mass is 16.7. The topological polar surface area (TPSA) is 38.7 Å². The lowest BCUT2D eigenvalue weighted by atomic mass is 9.46. The van der Waals surface area contributed by atoms with Crippen LogP contribution in [0.25, 0.3) is 0 Å². The lowest BCUT2D eigenvalue weighted by molar-refractivity contribution is -0.248.